The van der Waals surface area contributed by atoms with Crippen LogP contribution in [0.3, 0.4) is 0 Å². The second-order valence-corrected chi connectivity index (χ2v) is 12.2. The number of aliphatic hydroxyl groups excluding tert-OH is 1. The number of allylic oxidation sites excluding steroid dienone is 3. The average Bonchev–Trinajstić information content (AvgIpc) is 2.81. The number of phosphoric ester groups is 1. The minimum absolute atomic E-state index is 0.00650. The van der Waals surface area contributed by atoms with Crippen molar-refractivity contribution in [1.82, 2.24) is 5.32 Å². The number of hydrogen-bond acceptors (Lipinski definition) is 6. The molecule has 0 saturated heterocycles. The lowest BCUT2D eigenvalue weighted by molar-refractivity contribution is -0.870. The summed E-state index contributed by atoms with van der Waals surface area (Å²) in [5, 5.41) is 13.4. The molecule has 8 nitrogen and oxygen atoms in total. The van der Waals surface area contributed by atoms with Gasteiger partial charge in [0, 0.05) is 6.42 Å². The predicted octanol–water partition coefficient (Wildman–Crippen LogP) is 5.26. The molecule has 0 heterocycles. The smallest absolute Gasteiger partial charge is 0.268 e. The van der Waals surface area contributed by atoms with Crippen LogP contribution in [0.25, 0.3) is 0 Å². The number of nitrogens with one attached hydrogen (secondary N) is 1. The van der Waals surface area contributed by atoms with E-state index in [1.807, 2.05) is 27.2 Å². The van der Waals surface area contributed by atoms with Gasteiger partial charge in [0.15, 0.2) is 0 Å². The molecule has 0 aromatic heterocycles. The van der Waals surface area contributed by atoms with Crippen LogP contribution in [0.4, 0.5) is 0 Å². The van der Waals surface area contributed by atoms with Gasteiger partial charge in [-0.3, -0.25) is 9.36 Å². The Labute approximate surface area is 226 Å². The number of rotatable bonds is 24. The van der Waals surface area contributed by atoms with Crippen molar-refractivity contribution < 1.29 is 32.9 Å². The maximum absolute atomic E-state index is 12.4. The van der Waals surface area contributed by atoms with E-state index in [1.54, 1.807) is 6.08 Å². The van der Waals surface area contributed by atoms with Crippen molar-refractivity contribution in [2.75, 3.05) is 40.9 Å². The molecule has 0 aromatic rings. The highest BCUT2D eigenvalue weighted by molar-refractivity contribution is 7.45. The van der Waals surface area contributed by atoms with Crippen molar-refractivity contribution in [2.45, 2.75) is 109 Å². The highest BCUT2D eigenvalue weighted by atomic mass is 31.2. The number of amides is 1. The largest absolute Gasteiger partial charge is 0.756 e. The van der Waals surface area contributed by atoms with Crippen LogP contribution in [-0.4, -0.2) is 68.5 Å². The van der Waals surface area contributed by atoms with Gasteiger partial charge in [-0.05, 0) is 32.1 Å². The average molecular weight is 547 g/mol. The van der Waals surface area contributed by atoms with Crippen LogP contribution in [0.2, 0.25) is 0 Å². The third-order valence-electron chi connectivity index (χ3n) is 5.91. The molecule has 37 heavy (non-hydrogen) atoms. The molecule has 2 N–H and O–H groups in total. The predicted molar refractivity (Wildman–Crippen MR) is 150 cm³/mol. The van der Waals surface area contributed by atoms with Gasteiger partial charge in [0.2, 0.25) is 5.91 Å². The molecule has 1 amide bonds. The van der Waals surface area contributed by atoms with Crippen molar-refractivity contribution in [1.29, 1.82) is 0 Å². The Balaban J connectivity index is 4.72. The minimum atomic E-state index is -4.56. The normalized spacial score (nSPS) is 15.8. The number of aliphatic hydroxyl groups is 1. The Kier molecular flexibility index (Phi) is 21.3. The van der Waals surface area contributed by atoms with Gasteiger partial charge in [-0.1, -0.05) is 83.1 Å². The number of unbranched alkanes of at least 4 members (excludes halogenated alkanes) is 9. The molecular weight excluding hydrogens is 491 g/mol. The van der Waals surface area contributed by atoms with Crippen LogP contribution < -0.4 is 10.2 Å². The molecule has 0 aliphatic rings. The van der Waals surface area contributed by atoms with Crippen molar-refractivity contribution >= 4 is 13.7 Å². The molecule has 0 bridgehead atoms. The lowest BCUT2D eigenvalue weighted by Crippen LogP contribution is -2.45. The maximum Gasteiger partial charge on any atom is 0.268 e. The molecule has 218 valence electrons. The molecule has 3 atom stereocenters. The number of nitrogens with zero attached hydrogens (tertiary/aromatic N) is 1. The summed E-state index contributed by atoms with van der Waals surface area (Å²) in [4.78, 5) is 24.6. The second-order valence-electron chi connectivity index (χ2n) is 10.7. The van der Waals surface area contributed by atoms with Gasteiger partial charge in [0.05, 0.1) is 39.9 Å². The number of quaternary nitrogens is 1. The molecule has 0 aliphatic carbocycles. The van der Waals surface area contributed by atoms with Gasteiger partial charge in [0.1, 0.15) is 13.2 Å². The lowest BCUT2D eigenvalue weighted by atomic mass is 10.1. The summed E-state index contributed by atoms with van der Waals surface area (Å²) in [5.41, 5.74) is 0. The first-order chi connectivity index (χ1) is 17.5. The summed E-state index contributed by atoms with van der Waals surface area (Å²) in [6, 6.07) is -0.891. The van der Waals surface area contributed by atoms with Gasteiger partial charge in [0.25, 0.3) is 7.82 Å². The Morgan fingerprint density at radius 2 is 1.51 bits per heavy atom. The number of likely N-dealkylation sites (N-methyl/N-ethyl adjacent to an activating group) is 1. The van der Waals surface area contributed by atoms with E-state index in [1.165, 1.54) is 32.1 Å². The number of carbonyl (C=O) groups is 1. The number of hydrogen-bond donors (Lipinski definition) is 2. The summed E-state index contributed by atoms with van der Waals surface area (Å²) in [5.74, 6) is -0.231. The van der Waals surface area contributed by atoms with E-state index in [2.05, 4.69) is 31.3 Å². The first-order valence-electron chi connectivity index (χ1n) is 14.2. The molecule has 0 radical (unpaired) electrons. The van der Waals surface area contributed by atoms with Gasteiger partial charge in [-0.2, -0.15) is 0 Å². The van der Waals surface area contributed by atoms with Crippen molar-refractivity contribution in [3.63, 3.8) is 0 Å². The zero-order valence-corrected chi connectivity index (χ0v) is 25.1. The molecule has 0 rings (SSSR count). The van der Waals surface area contributed by atoms with Crippen molar-refractivity contribution in [2.24, 2.45) is 0 Å². The Hall–Kier alpha value is -1.02. The molecule has 0 aliphatic heterocycles. The van der Waals surface area contributed by atoms with E-state index < -0.39 is 26.6 Å². The molecule has 0 spiro atoms. The van der Waals surface area contributed by atoms with Gasteiger partial charge >= 0.3 is 0 Å². The molecular formula is C28H55N2O6P. The summed E-state index contributed by atoms with van der Waals surface area (Å²) in [7, 11) is 1.23. The first-order valence-corrected chi connectivity index (χ1v) is 15.7. The Morgan fingerprint density at radius 1 is 0.919 bits per heavy atom. The van der Waals surface area contributed by atoms with Crippen LogP contribution in [0, 0.1) is 0 Å². The maximum atomic E-state index is 12.4. The van der Waals surface area contributed by atoms with Crippen LogP contribution in [0.5, 0.6) is 0 Å². The summed E-state index contributed by atoms with van der Waals surface area (Å²) >= 11 is 0. The zero-order valence-electron chi connectivity index (χ0n) is 24.2. The monoisotopic (exact) mass is 546 g/mol. The van der Waals surface area contributed by atoms with E-state index in [4.69, 9.17) is 9.05 Å². The number of carbonyl (C=O) groups excluding carboxylic acids is 1. The summed E-state index contributed by atoms with van der Waals surface area (Å²) in [6.45, 7) is 4.41. The highest BCUT2D eigenvalue weighted by Gasteiger charge is 2.23. The summed E-state index contributed by atoms with van der Waals surface area (Å²) in [6.07, 6.45) is 19.9. The van der Waals surface area contributed by atoms with Crippen LogP contribution in [-0.2, 0) is 18.4 Å². The van der Waals surface area contributed by atoms with E-state index in [9.17, 15) is 19.4 Å². The topological polar surface area (TPSA) is 108 Å². The third-order valence-corrected chi connectivity index (χ3v) is 6.88. The molecule has 0 fully saturated rings. The zero-order chi connectivity index (χ0) is 28.0. The fourth-order valence-corrected chi connectivity index (χ4v) is 4.24. The van der Waals surface area contributed by atoms with Crippen LogP contribution in [0.15, 0.2) is 24.3 Å². The summed E-state index contributed by atoms with van der Waals surface area (Å²) < 4.78 is 22.7. The van der Waals surface area contributed by atoms with Crippen molar-refractivity contribution in [3.05, 3.63) is 24.3 Å². The van der Waals surface area contributed by atoms with E-state index in [-0.39, 0.29) is 12.5 Å². The standard InChI is InChI=1S/C28H55N2O6P/c1-6-8-10-12-13-14-15-16-17-18-19-21-27(31)26(29-28(32)22-20-11-9-7-2)25-36-37(33,34)35-24-23-30(3,4)5/h15-16,19,21,26-27,31H,6-14,17-18,20,22-25H2,1-5H3,(H-,29,32,33,34)/b16-15+,21-19+. The SMILES string of the molecule is CCCCCCC/C=C/CC/C=C/C(O)C(COP(=O)([O-])OCC[N+](C)(C)C)NC(=O)CCCCCC. The van der Waals surface area contributed by atoms with Gasteiger partial charge in [-0.25, -0.2) is 0 Å². The Morgan fingerprint density at radius 3 is 2.16 bits per heavy atom. The fourth-order valence-electron chi connectivity index (χ4n) is 3.52. The third kappa shape index (κ3) is 23.8. The van der Waals surface area contributed by atoms with Crippen LogP contribution in [0.1, 0.15) is 97.3 Å². The quantitative estimate of drug-likeness (QED) is 0.0740. The molecule has 0 aromatic carbocycles. The molecule has 9 heteroatoms. The first kappa shape index (κ1) is 36.0. The molecule has 3 unspecified atom stereocenters. The molecule has 0 saturated carbocycles. The van der Waals surface area contributed by atoms with Crippen LogP contribution >= 0.6 is 7.82 Å². The van der Waals surface area contributed by atoms with Crippen molar-refractivity contribution in [3.8, 4) is 0 Å². The lowest BCUT2D eigenvalue weighted by Gasteiger charge is -2.29. The van der Waals surface area contributed by atoms with E-state index in [0.717, 1.165) is 44.9 Å². The Bertz CT molecular complexity index is 678. The highest BCUT2D eigenvalue weighted by Crippen LogP contribution is 2.38. The number of phosphoric acid groups is 1. The van der Waals surface area contributed by atoms with E-state index >= 15 is 0 Å². The van der Waals surface area contributed by atoms with Gasteiger partial charge in [-0.15, -0.1) is 0 Å². The minimum Gasteiger partial charge on any atom is -0.756 e. The fraction of sp³-hybridized carbons (Fsp3) is 0.821. The van der Waals surface area contributed by atoms with E-state index in [0.29, 0.717) is 17.4 Å². The van der Waals surface area contributed by atoms with Gasteiger partial charge < -0.3 is 28.8 Å². The second kappa shape index (κ2) is 21.9.